The second-order valence-electron chi connectivity index (χ2n) is 4.82. The highest BCUT2D eigenvalue weighted by molar-refractivity contribution is 5.76. The summed E-state index contributed by atoms with van der Waals surface area (Å²) in [5.41, 5.74) is 0.949. The third-order valence-electron chi connectivity index (χ3n) is 3.58. The van der Waals surface area contributed by atoms with Gasteiger partial charge in [0.15, 0.2) is 0 Å². The Kier molecular flexibility index (Phi) is 3.11. The maximum absolute atomic E-state index is 12.0. The number of nitrogens with zero attached hydrogens (tertiary/aromatic N) is 1. The second kappa shape index (κ2) is 4.91. The van der Waals surface area contributed by atoms with E-state index in [0.29, 0.717) is 13.0 Å². The Hall–Kier alpha value is -2.04. The van der Waals surface area contributed by atoms with E-state index in [1.54, 1.807) is 4.90 Å². The van der Waals surface area contributed by atoms with Crippen LogP contribution in [0.15, 0.2) is 30.3 Å². The molecule has 1 aromatic rings. The van der Waals surface area contributed by atoms with Crippen molar-refractivity contribution in [2.45, 2.75) is 31.6 Å². The van der Waals surface area contributed by atoms with Crippen molar-refractivity contribution in [1.82, 2.24) is 4.90 Å². The molecule has 0 aromatic heterocycles. The van der Waals surface area contributed by atoms with Gasteiger partial charge in [-0.25, -0.2) is 4.79 Å². The highest BCUT2D eigenvalue weighted by Gasteiger charge is 2.46. The molecule has 0 aliphatic carbocycles. The van der Waals surface area contributed by atoms with Crippen molar-refractivity contribution in [2.75, 3.05) is 6.54 Å². The molecular formula is C14H15NO4. The molecule has 0 radical (unpaired) electrons. The SMILES string of the molecule is O=C1C[C@H]2[C@H](CCN2C(=O)OCc2ccccc2)O1. The third kappa shape index (κ3) is 2.41. The average Bonchev–Trinajstić information content (AvgIpc) is 2.96. The van der Waals surface area contributed by atoms with E-state index < -0.39 is 0 Å². The standard InChI is InChI=1S/C14H15NO4/c16-13-8-11-12(19-13)6-7-15(11)14(17)18-9-10-4-2-1-3-5-10/h1-5,11-12H,6-9H2/t11-,12-/m0/s1. The summed E-state index contributed by atoms with van der Waals surface area (Å²) in [6, 6.07) is 9.38. The number of carbonyl (C=O) groups excluding carboxylic acids is 2. The van der Waals surface area contributed by atoms with Gasteiger partial charge in [0, 0.05) is 13.0 Å². The van der Waals surface area contributed by atoms with Crippen LogP contribution in [0.3, 0.4) is 0 Å². The number of benzene rings is 1. The average molecular weight is 261 g/mol. The Morgan fingerprint density at radius 1 is 1.37 bits per heavy atom. The number of hydrogen-bond acceptors (Lipinski definition) is 4. The second-order valence-corrected chi connectivity index (χ2v) is 4.82. The fraction of sp³-hybridized carbons (Fsp3) is 0.429. The van der Waals surface area contributed by atoms with Gasteiger partial charge >= 0.3 is 12.1 Å². The van der Waals surface area contributed by atoms with Gasteiger partial charge in [0.05, 0.1) is 12.5 Å². The molecule has 2 saturated heterocycles. The first kappa shape index (κ1) is 12.0. The minimum Gasteiger partial charge on any atom is -0.460 e. The van der Waals surface area contributed by atoms with Crippen LogP contribution in [0, 0.1) is 0 Å². The predicted octanol–water partition coefficient (Wildman–Crippen LogP) is 1.71. The molecule has 0 N–H and O–H groups in total. The van der Waals surface area contributed by atoms with Crippen LogP contribution < -0.4 is 0 Å². The van der Waals surface area contributed by atoms with Gasteiger partial charge in [0.1, 0.15) is 12.7 Å². The van der Waals surface area contributed by atoms with E-state index in [9.17, 15) is 9.59 Å². The number of amides is 1. The number of hydrogen-bond donors (Lipinski definition) is 0. The summed E-state index contributed by atoms with van der Waals surface area (Å²) in [6.45, 7) is 0.846. The lowest BCUT2D eigenvalue weighted by Gasteiger charge is -2.21. The third-order valence-corrected chi connectivity index (χ3v) is 3.58. The number of rotatable bonds is 2. The molecule has 2 aliphatic heterocycles. The maximum Gasteiger partial charge on any atom is 0.410 e. The zero-order valence-electron chi connectivity index (χ0n) is 10.5. The van der Waals surface area contributed by atoms with E-state index in [4.69, 9.17) is 9.47 Å². The Morgan fingerprint density at radius 2 is 2.16 bits per heavy atom. The van der Waals surface area contributed by atoms with Gasteiger partial charge in [-0.2, -0.15) is 0 Å². The summed E-state index contributed by atoms with van der Waals surface area (Å²) in [7, 11) is 0. The molecule has 0 unspecified atom stereocenters. The van der Waals surface area contributed by atoms with Crippen LogP contribution in [0.5, 0.6) is 0 Å². The number of likely N-dealkylation sites (tertiary alicyclic amines) is 1. The van der Waals surface area contributed by atoms with Crippen LogP contribution in [0.4, 0.5) is 4.79 Å². The van der Waals surface area contributed by atoms with Gasteiger partial charge in [-0.05, 0) is 5.56 Å². The molecule has 100 valence electrons. The number of fused-ring (bicyclic) bond motifs is 1. The van der Waals surface area contributed by atoms with Gasteiger partial charge < -0.3 is 14.4 Å². The summed E-state index contributed by atoms with van der Waals surface area (Å²) < 4.78 is 10.4. The molecule has 0 spiro atoms. The van der Waals surface area contributed by atoms with Gasteiger partial charge in [0.2, 0.25) is 0 Å². The monoisotopic (exact) mass is 261 g/mol. The van der Waals surface area contributed by atoms with Gasteiger partial charge in [-0.15, -0.1) is 0 Å². The minimum absolute atomic E-state index is 0.142. The lowest BCUT2D eigenvalue weighted by Crippen LogP contribution is -2.37. The van der Waals surface area contributed by atoms with Crippen molar-refractivity contribution in [3.05, 3.63) is 35.9 Å². The highest BCUT2D eigenvalue weighted by Crippen LogP contribution is 2.30. The van der Waals surface area contributed by atoms with E-state index in [0.717, 1.165) is 5.56 Å². The molecule has 2 atom stereocenters. The molecule has 3 rings (SSSR count). The van der Waals surface area contributed by atoms with Crippen molar-refractivity contribution in [3.63, 3.8) is 0 Å². The maximum atomic E-state index is 12.0. The zero-order valence-corrected chi connectivity index (χ0v) is 10.5. The van der Waals surface area contributed by atoms with E-state index >= 15 is 0 Å². The molecule has 5 heteroatoms. The normalized spacial score (nSPS) is 25.1. The molecular weight excluding hydrogens is 246 g/mol. The molecule has 1 aromatic carbocycles. The van der Waals surface area contributed by atoms with Crippen LogP contribution in [0.1, 0.15) is 18.4 Å². The molecule has 1 amide bonds. The Labute approximate surface area is 111 Å². The Bertz CT molecular complexity index is 487. The first-order valence-electron chi connectivity index (χ1n) is 6.41. The predicted molar refractivity (Wildman–Crippen MR) is 66.2 cm³/mol. The van der Waals surface area contributed by atoms with E-state index in [1.807, 2.05) is 30.3 Å². The molecule has 2 aliphatic rings. The van der Waals surface area contributed by atoms with Crippen molar-refractivity contribution >= 4 is 12.1 Å². The highest BCUT2D eigenvalue weighted by atomic mass is 16.6. The topological polar surface area (TPSA) is 55.8 Å². The van der Waals surface area contributed by atoms with Gasteiger partial charge in [0.25, 0.3) is 0 Å². The van der Waals surface area contributed by atoms with Crippen molar-refractivity contribution in [3.8, 4) is 0 Å². The fourth-order valence-corrected chi connectivity index (χ4v) is 2.62. The quantitative estimate of drug-likeness (QED) is 0.760. The van der Waals surface area contributed by atoms with Crippen molar-refractivity contribution in [1.29, 1.82) is 0 Å². The summed E-state index contributed by atoms with van der Waals surface area (Å²) in [4.78, 5) is 24.8. The molecule has 0 bridgehead atoms. The molecule has 5 nitrogen and oxygen atoms in total. The summed E-state index contributed by atoms with van der Waals surface area (Å²) in [5.74, 6) is -0.226. The number of esters is 1. The molecule has 0 saturated carbocycles. The van der Waals surface area contributed by atoms with Crippen LogP contribution >= 0.6 is 0 Å². The van der Waals surface area contributed by atoms with E-state index in [-0.39, 0.29) is 37.2 Å². The first-order chi connectivity index (χ1) is 9.24. The van der Waals surface area contributed by atoms with Crippen molar-refractivity contribution in [2.24, 2.45) is 0 Å². The Morgan fingerprint density at radius 3 is 2.95 bits per heavy atom. The number of carbonyl (C=O) groups is 2. The minimum atomic E-state index is -0.366. The lowest BCUT2D eigenvalue weighted by atomic mass is 10.1. The summed E-state index contributed by atoms with van der Waals surface area (Å²) >= 11 is 0. The molecule has 19 heavy (non-hydrogen) atoms. The van der Waals surface area contributed by atoms with E-state index in [2.05, 4.69) is 0 Å². The van der Waals surface area contributed by atoms with Gasteiger partial charge in [-0.1, -0.05) is 30.3 Å². The van der Waals surface area contributed by atoms with E-state index in [1.165, 1.54) is 0 Å². The van der Waals surface area contributed by atoms with Gasteiger partial charge in [-0.3, -0.25) is 4.79 Å². The Balaban J connectivity index is 1.58. The summed E-state index contributed by atoms with van der Waals surface area (Å²) in [5, 5.41) is 0. The first-order valence-corrected chi connectivity index (χ1v) is 6.41. The lowest BCUT2D eigenvalue weighted by molar-refractivity contribution is -0.141. The van der Waals surface area contributed by atoms with Crippen LogP contribution in [0.2, 0.25) is 0 Å². The largest absolute Gasteiger partial charge is 0.460 e. The fourth-order valence-electron chi connectivity index (χ4n) is 2.62. The van der Waals surface area contributed by atoms with Crippen molar-refractivity contribution < 1.29 is 19.1 Å². The van der Waals surface area contributed by atoms with Crippen LogP contribution in [-0.2, 0) is 20.9 Å². The molecule has 2 fully saturated rings. The smallest absolute Gasteiger partial charge is 0.410 e. The number of ether oxygens (including phenoxy) is 2. The summed E-state index contributed by atoms with van der Waals surface area (Å²) in [6.07, 6.45) is 0.480. The molecule has 2 heterocycles. The van der Waals surface area contributed by atoms with Crippen LogP contribution in [0.25, 0.3) is 0 Å². The van der Waals surface area contributed by atoms with Crippen LogP contribution in [-0.4, -0.2) is 35.7 Å². The zero-order chi connectivity index (χ0) is 13.2.